The first-order valence-corrected chi connectivity index (χ1v) is 9.17. The second-order valence-corrected chi connectivity index (χ2v) is 8.48. The molecule has 1 saturated carbocycles. The molecule has 1 N–H and O–H groups in total. The Kier molecular flexibility index (Phi) is 6.20. The first kappa shape index (κ1) is 16.9. The van der Waals surface area contributed by atoms with Gasteiger partial charge in [0.25, 0.3) is 0 Å². The van der Waals surface area contributed by atoms with Crippen molar-refractivity contribution < 1.29 is 0 Å². The Hall–Kier alpha value is -0.450. The van der Waals surface area contributed by atoms with Gasteiger partial charge >= 0.3 is 0 Å². The quantitative estimate of drug-likeness (QED) is 0.859. The molecule has 0 spiro atoms. The highest BCUT2D eigenvalue weighted by Crippen LogP contribution is 2.24. The minimum atomic E-state index is 0.156. The van der Waals surface area contributed by atoms with Gasteiger partial charge < -0.3 is 10.2 Å². The van der Waals surface area contributed by atoms with Crippen LogP contribution < -0.4 is 5.32 Å². The van der Waals surface area contributed by atoms with Gasteiger partial charge in [0, 0.05) is 30.6 Å². The summed E-state index contributed by atoms with van der Waals surface area (Å²) in [5.41, 5.74) is 1.38. The van der Waals surface area contributed by atoms with Crippen LogP contribution in [0.25, 0.3) is 0 Å². The number of hydrogen-bond donors (Lipinski definition) is 1. The highest BCUT2D eigenvalue weighted by Gasteiger charge is 2.16. The van der Waals surface area contributed by atoms with Crippen LogP contribution in [-0.2, 0) is 13.1 Å². The van der Waals surface area contributed by atoms with Gasteiger partial charge in [-0.05, 0) is 46.6 Å². The van der Waals surface area contributed by atoms with Crippen molar-refractivity contribution in [2.75, 3.05) is 13.6 Å². The summed E-state index contributed by atoms with van der Waals surface area (Å²) in [5.74, 6) is 0.907. The van der Waals surface area contributed by atoms with Gasteiger partial charge in [-0.25, -0.2) is 4.98 Å². The van der Waals surface area contributed by atoms with E-state index in [1.165, 1.54) is 49.4 Å². The fourth-order valence-corrected chi connectivity index (χ4v) is 3.72. The Balaban J connectivity index is 1.75. The van der Waals surface area contributed by atoms with Crippen LogP contribution in [0.15, 0.2) is 5.38 Å². The van der Waals surface area contributed by atoms with Crippen LogP contribution in [0.1, 0.15) is 63.6 Å². The Bertz CT molecular complexity index is 416. The van der Waals surface area contributed by atoms with Crippen molar-refractivity contribution in [3.63, 3.8) is 0 Å². The lowest BCUT2D eigenvalue weighted by atomic mass is 9.89. The van der Waals surface area contributed by atoms with E-state index in [0.29, 0.717) is 0 Å². The van der Waals surface area contributed by atoms with Gasteiger partial charge in [-0.2, -0.15) is 0 Å². The second kappa shape index (κ2) is 7.70. The molecule has 120 valence electrons. The number of rotatable bonds is 6. The summed E-state index contributed by atoms with van der Waals surface area (Å²) in [5, 5.41) is 6.92. The summed E-state index contributed by atoms with van der Waals surface area (Å²) < 4.78 is 0. The third-order valence-electron chi connectivity index (χ3n) is 4.10. The zero-order valence-electron chi connectivity index (χ0n) is 14.1. The molecule has 21 heavy (non-hydrogen) atoms. The van der Waals surface area contributed by atoms with Gasteiger partial charge in [-0.1, -0.05) is 19.3 Å². The maximum Gasteiger partial charge on any atom is 0.107 e. The minimum Gasteiger partial charge on any atom is -0.306 e. The SMILES string of the molecule is CN(Cc1csc(CNC(C)(C)C)n1)CC1CCCCC1. The van der Waals surface area contributed by atoms with E-state index in [1.54, 1.807) is 11.3 Å². The van der Waals surface area contributed by atoms with Crippen LogP contribution in [0, 0.1) is 5.92 Å². The lowest BCUT2D eigenvalue weighted by molar-refractivity contribution is 0.226. The number of hydrogen-bond acceptors (Lipinski definition) is 4. The van der Waals surface area contributed by atoms with Crippen LogP contribution in [0.4, 0.5) is 0 Å². The molecule has 0 saturated heterocycles. The highest BCUT2D eigenvalue weighted by atomic mass is 32.1. The lowest BCUT2D eigenvalue weighted by Gasteiger charge is -2.26. The van der Waals surface area contributed by atoms with Crippen molar-refractivity contribution in [3.8, 4) is 0 Å². The Morgan fingerprint density at radius 3 is 2.67 bits per heavy atom. The van der Waals surface area contributed by atoms with E-state index >= 15 is 0 Å². The largest absolute Gasteiger partial charge is 0.306 e. The fourth-order valence-electron chi connectivity index (χ4n) is 3.00. The molecule has 1 aliphatic rings. The van der Waals surface area contributed by atoms with E-state index < -0.39 is 0 Å². The molecule has 4 heteroatoms. The topological polar surface area (TPSA) is 28.2 Å². The summed E-state index contributed by atoms with van der Waals surface area (Å²) in [4.78, 5) is 7.21. The van der Waals surface area contributed by atoms with Gasteiger partial charge in [-0.3, -0.25) is 0 Å². The number of aromatic nitrogens is 1. The molecule has 0 amide bonds. The predicted octanol–water partition coefficient (Wildman–Crippen LogP) is 4.04. The molecule has 3 nitrogen and oxygen atoms in total. The molecule has 1 fully saturated rings. The van der Waals surface area contributed by atoms with E-state index in [4.69, 9.17) is 4.98 Å². The standard InChI is InChI=1S/C17H31N3S/c1-17(2,3)18-10-16-19-15(13-21-16)12-20(4)11-14-8-6-5-7-9-14/h13-14,18H,5-12H2,1-4H3. The minimum absolute atomic E-state index is 0.156. The Morgan fingerprint density at radius 2 is 2.00 bits per heavy atom. The summed E-state index contributed by atoms with van der Waals surface area (Å²) in [6.07, 6.45) is 7.14. The first-order chi connectivity index (χ1) is 9.92. The zero-order valence-corrected chi connectivity index (χ0v) is 14.9. The molecule has 0 atom stereocenters. The molecule has 0 unspecified atom stereocenters. The van der Waals surface area contributed by atoms with Gasteiger partial charge in [0.2, 0.25) is 0 Å². The van der Waals surface area contributed by atoms with Gasteiger partial charge in [0.05, 0.1) is 5.69 Å². The molecule has 2 rings (SSSR count). The van der Waals surface area contributed by atoms with Gasteiger partial charge in [0.1, 0.15) is 5.01 Å². The van der Waals surface area contributed by atoms with Gasteiger partial charge in [0.15, 0.2) is 0 Å². The molecule has 1 heterocycles. The summed E-state index contributed by atoms with van der Waals surface area (Å²) in [6.45, 7) is 9.68. The zero-order chi connectivity index (χ0) is 15.3. The lowest BCUT2D eigenvalue weighted by Crippen LogP contribution is -2.35. The summed E-state index contributed by atoms with van der Waals surface area (Å²) >= 11 is 1.78. The van der Waals surface area contributed by atoms with E-state index in [1.807, 2.05) is 0 Å². The molecule has 0 bridgehead atoms. The molecular formula is C17H31N3S. The average Bonchev–Trinajstić information content (AvgIpc) is 2.84. The summed E-state index contributed by atoms with van der Waals surface area (Å²) in [7, 11) is 2.24. The van der Waals surface area contributed by atoms with Crippen molar-refractivity contribution in [1.82, 2.24) is 15.2 Å². The molecular weight excluding hydrogens is 278 g/mol. The van der Waals surface area contributed by atoms with E-state index in [-0.39, 0.29) is 5.54 Å². The van der Waals surface area contributed by atoms with Crippen LogP contribution in [0.3, 0.4) is 0 Å². The van der Waals surface area contributed by atoms with Crippen molar-refractivity contribution in [2.24, 2.45) is 5.92 Å². The fraction of sp³-hybridized carbons (Fsp3) is 0.824. The average molecular weight is 310 g/mol. The van der Waals surface area contributed by atoms with E-state index in [2.05, 4.69) is 43.4 Å². The normalized spacial score (nSPS) is 17.6. The van der Waals surface area contributed by atoms with E-state index in [0.717, 1.165) is 19.0 Å². The Labute approximate surface area is 134 Å². The molecule has 0 aliphatic heterocycles. The molecule has 1 aromatic heterocycles. The van der Waals surface area contributed by atoms with Crippen LogP contribution in [0.2, 0.25) is 0 Å². The van der Waals surface area contributed by atoms with E-state index in [9.17, 15) is 0 Å². The molecule has 0 radical (unpaired) electrons. The summed E-state index contributed by atoms with van der Waals surface area (Å²) in [6, 6.07) is 0. The predicted molar refractivity (Wildman–Crippen MR) is 91.6 cm³/mol. The Morgan fingerprint density at radius 1 is 1.29 bits per heavy atom. The smallest absolute Gasteiger partial charge is 0.107 e. The number of nitrogens with zero attached hydrogens (tertiary/aromatic N) is 2. The third-order valence-corrected chi connectivity index (χ3v) is 4.99. The van der Waals surface area contributed by atoms with Crippen LogP contribution in [0.5, 0.6) is 0 Å². The third kappa shape index (κ3) is 6.45. The van der Waals surface area contributed by atoms with Crippen molar-refractivity contribution >= 4 is 11.3 Å². The maximum atomic E-state index is 4.76. The second-order valence-electron chi connectivity index (χ2n) is 7.54. The maximum absolute atomic E-state index is 4.76. The van der Waals surface area contributed by atoms with Crippen LogP contribution >= 0.6 is 11.3 Å². The number of nitrogens with one attached hydrogen (secondary N) is 1. The van der Waals surface area contributed by atoms with Crippen molar-refractivity contribution in [1.29, 1.82) is 0 Å². The highest BCUT2D eigenvalue weighted by molar-refractivity contribution is 7.09. The molecule has 1 aromatic rings. The van der Waals surface area contributed by atoms with Crippen LogP contribution in [-0.4, -0.2) is 29.0 Å². The monoisotopic (exact) mass is 309 g/mol. The number of thiazole rings is 1. The van der Waals surface area contributed by atoms with Crippen molar-refractivity contribution in [2.45, 2.75) is 71.5 Å². The first-order valence-electron chi connectivity index (χ1n) is 8.29. The van der Waals surface area contributed by atoms with Crippen molar-refractivity contribution in [3.05, 3.63) is 16.1 Å². The van der Waals surface area contributed by atoms with Gasteiger partial charge in [-0.15, -0.1) is 11.3 Å². The molecule has 1 aliphatic carbocycles. The molecule has 0 aromatic carbocycles.